The number of hydrogen-bond acceptors (Lipinski definition) is 2. The Hall–Kier alpha value is -0.650. The lowest BCUT2D eigenvalue weighted by atomic mass is 10.2. The second-order valence-corrected chi connectivity index (χ2v) is 6.20. The molecule has 1 heterocycles. The van der Waals surface area contributed by atoms with Crippen molar-refractivity contribution >= 4 is 38.6 Å². The Morgan fingerprint density at radius 3 is 2.75 bits per heavy atom. The molecule has 0 saturated heterocycles. The number of nitrogens with zero attached hydrogens (tertiary/aromatic N) is 3. The van der Waals surface area contributed by atoms with Crippen molar-refractivity contribution in [3.63, 3.8) is 0 Å². The van der Waals surface area contributed by atoms with Crippen LogP contribution < -0.4 is 0 Å². The number of unbranched alkanes of at least 4 members (excludes halogenated alkanes) is 1. The molecular weight excluding hydrogens is 345 g/mol. The highest BCUT2D eigenvalue weighted by molar-refractivity contribution is 9.10. The third-order valence-corrected chi connectivity index (χ3v) is 4.07. The first-order chi connectivity index (χ1) is 9.52. The van der Waals surface area contributed by atoms with Gasteiger partial charge in [-0.25, -0.2) is 9.37 Å². The van der Waals surface area contributed by atoms with Gasteiger partial charge in [0.2, 0.25) is 0 Å². The van der Waals surface area contributed by atoms with Gasteiger partial charge >= 0.3 is 0 Å². The van der Waals surface area contributed by atoms with Crippen molar-refractivity contribution in [1.82, 2.24) is 14.5 Å². The van der Waals surface area contributed by atoms with Gasteiger partial charge in [-0.05, 0) is 55.5 Å². The first kappa shape index (κ1) is 15.7. The third-order valence-electron chi connectivity index (χ3n) is 3.23. The van der Waals surface area contributed by atoms with Gasteiger partial charge in [-0.15, -0.1) is 11.6 Å². The summed E-state index contributed by atoms with van der Waals surface area (Å²) in [6.07, 6.45) is 2.11. The summed E-state index contributed by atoms with van der Waals surface area (Å²) in [7, 11) is 4.12. The van der Waals surface area contributed by atoms with Crippen LogP contribution in [-0.4, -0.2) is 35.1 Å². The molecule has 1 aromatic heterocycles. The van der Waals surface area contributed by atoms with Crippen molar-refractivity contribution in [3.05, 3.63) is 28.2 Å². The molecule has 1 aromatic carbocycles. The summed E-state index contributed by atoms with van der Waals surface area (Å²) < 4.78 is 16.2. The third kappa shape index (κ3) is 3.51. The molecule has 0 fully saturated rings. The lowest BCUT2D eigenvalue weighted by molar-refractivity contribution is 0.388. The van der Waals surface area contributed by atoms with Gasteiger partial charge in [0.05, 0.1) is 21.4 Å². The van der Waals surface area contributed by atoms with Gasteiger partial charge in [0.25, 0.3) is 0 Å². The number of rotatable bonds is 6. The summed E-state index contributed by atoms with van der Waals surface area (Å²) in [5.74, 6) is 0.860. The largest absolute Gasteiger partial charge is 0.327 e. The van der Waals surface area contributed by atoms with Crippen LogP contribution >= 0.6 is 27.5 Å². The zero-order chi connectivity index (χ0) is 14.7. The number of benzene rings is 1. The van der Waals surface area contributed by atoms with E-state index < -0.39 is 0 Å². The lowest BCUT2D eigenvalue weighted by Gasteiger charge is -2.11. The van der Waals surface area contributed by atoms with E-state index in [1.807, 2.05) is 4.57 Å². The zero-order valence-electron chi connectivity index (χ0n) is 11.7. The number of fused-ring (bicyclic) bond motifs is 1. The molecule has 0 atom stereocenters. The summed E-state index contributed by atoms with van der Waals surface area (Å²) in [6.45, 7) is 1.86. The smallest absolute Gasteiger partial charge is 0.139 e. The molecule has 110 valence electrons. The van der Waals surface area contributed by atoms with E-state index >= 15 is 0 Å². The average Bonchev–Trinajstić information content (AvgIpc) is 2.72. The van der Waals surface area contributed by atoms with Gasteiger partial charge in [-0.3, -0.25) is 0 Å². The molecule has 20 heavy (non-hydrogen) atoms. The monoisotopic (exact) mass is 361 g/mol. The number of aryl methyl sites for hydroxylation is 1. The van der Waals surface area contributed by atoms with Crippen LogP contribution in [0.5, 0.6) is 0 Å². The molecule has 2 rings (SSSR count). The molecule has 0 N–H and O–H groups in total. The molecule has 0 aliphatic rings. The molecule has 6 heteroatoms. The molecule has 0 aliphatic heterocycles. The van der Waals surface area contributed by atoms with E-state index in [9.17, 15) is 4.39 Å². The Morgan fingerprint density at radius 2 is 2.10 bits per heavy atom. The maximum Gasteiger partial charge on any atom is 0.139 e. The highest BCUT2D eigenvalue weighted by Crippen LogP contribution is 2.25. The minimum atomic E-state index is -0.270. The van der Waals surface area contributed by atoms with E-state index in [1.54, 1.807) is 6.07 Å². The molecule has 0 radical (unpaired) electrons. The highest BCUT2D eigenvalue weighted by atomic mass is 79.9. The van der Waals surface area contributed by atoms with Crippen molar-refractivity contribution in [2.45, 2.75) is 25.3 Å². The van der Waals surface area contributed by atoms with E-state index in [4.69, 9.17) is 11.6 Å². The molecule has 2 aromatic rings. The molecule has 0 spiro atoms. The quantitative estimate of drug-likeness (QED) is 0.572. The minimum Gasteiger partial charge on any atom is -0.327 e. The van der Waals surface area contributed by atoms with Gasteiger partial charge in [0, 0.05) is 12.6 Å². The van der Waals surface area contributed by atoms with Gasteiger partial charge in [0.15, 0.2) is 0 Å². The number of imidazole rings is 1. The first-order valence-electron chi connectivity index (χ1n) is 6.57. The fourth-order valence-electron chi connectivity index (χ4n) is 2.22. The van der Waals surface area contributed by atoms with Crippen molar-refractivity contribution < 1.29 is 4.39 Å². The molecule has 3 nitrogen and oxygen atoms in total. The summed E-state index contributed by atoms with van der Waals surface area (Å²) in [5, 5.41) is 0. The molecule has 0 unspecified atom stereocenters. The fraction of sp³-hybridized carbons (Fsp3) is 0.500. The summed E-state index contributed by atoms with van der Waals surface area (Å²) in [5.41, 5.74) is 1.59. The van der Waals surface area contributed by atoms with Crippen LogP contribution in [0.4, 0.5) is 4.39 Å². The van der Waals surface area contributed by atoms with E-state index in [-0.39, 0.29) is 5.82 Å². The van der Waals surface area contributed by atoms with E-state index in [2.05, 4.69) is 39.9 Å². The summed E-state index contributed by atoms with van der Waals surface area (Å²) >= 11 is 9.14. The topological polar surface area (TPSA) is 21.1 Å². The van der Waals surface area contributed by atoms with Crippen LogP contribution in [-0.2, 0) is 12.4 Å². The Kier molecular flexibility index (Phi) is 5.41. The predicted octanol–water partition coefficient (Wildman–Crippen LogP) is 4.02. The summed E-state index contributed by atoms with van der Waals surface area (Å²) in [4.78, 5) is 6.63. The Labute approximate surface area is 131 Å². The van der Waals surface area contributed by atoms with Crippen LogP contribution in [0.3, 0.4) is 0 Å². The SMILES string of the molecule is CN(C)CCCCn1c(CCl)nc2cc(Br)c(F)cc21. The van der Waals surface area contributed by atoms with Crippen molar-refractivity contribution in [2.75, 3.05) is 20.6 Å². The van der Waals surface area contributed by atoms with Crippen LogP contribution in [0.1, 0.15) is 18.7 Å². The molecule has 0 saturated carbocycles. The van der Waals surface area contributed by atoms with Gasteiger partial charge in [-0.2, -0.15) is 0 Å². The van der Waals surface area contributed by atoms with Crippen LogP contribution in [0.25, 0.3) is 11.0 Å². The number of halogens is 3. The predicted molar refractivity (Wildman–Crippen MR) is 84.7 cm³/mol. The standard InChI is InChI=1S/C14H18BrClFN3/c1-19(2)5-3-4-6-20-13-8-11(17)10(15)7-12(13)18-14(20)9-16/h7-8H,3-6,9H2,1-2H3. The normalized spacial score (nSPS) is 11.7. The Balaban J connectivity index is 2.23. The van der Waals surface area contributed by atoms with E-state index in [0.29, 0.717) is 10.4 Å². The zero-order valence-corrected chi connectivity index (χ0v) is 14.0. The highest BCUT2D eigenvalue weighted by Gasteiger charge is 2.12. The van der Waals surface area contributed by atoms with E-state index in [1.165, 1.54) is 6.07 Å². The number of aromatic nitrogens is 2. The maximum absolute atomic E-state index is 13.7. The minimum absolute atomic E-state index is 0.270. The number of hydrogen-bond donors (Lipinski definition) is 0. The molecule has 0 bridgehead atoms. The molecule has 0 aliphatic carbocycles. The fourth-order valence-corrected chi connectivity index (χ4v) is 2.75. The second kappa shape index (κ2) is 6.87. The molecular formula is C14H18BrClFN3. The maximum atomic E-state index is 13.7. The second-order valence-electron chi connectivity index (χ2n) is 5.08. The number of alkyl halides is 1. The van der Waals surface area contributed by atoms with E-state index in [0.717, 1.165) is 42.8 Å². The average molecular weight is 363 g/mol. The van der Waals surface area contributed by atoms with Crippen molar-refractivity contribution in [2.24, 2.45) is 0 Å². The van der Waals surface area contributed by atoms with Crippen molar-refractivity contribution in [3.8, 4) is 0 Å². The van der Waals surface area contributed by atoms with Gasteiger partial charge < -0.3 is 9.47 Å². The Morgan fingerprint density at radius 1 is 1.35 bits per heavy atom. The van der Waals surface area contributed by atoms with Crippen LogP contribution in [0.2, 0.25) is 0 Å². The van der Waals surface area contributed by atoms with Crippen LogP contribution in [0, 0.1) is 5.82 Å². The van der Waals surface area contributed by atoms with Crippen LogP contribution in [0.15, 0.2) is 16.6 Å². The summed E-state index contributed by atoms with van der Waals surface area (Å²) in [6, 6.07) is 3.23. The first-order valence-corrected chi connectivity index (χ1v) is 7.90. The van der Waals surface area contributed by atoms with Gasteiger partial charge in [-0.1, -0.05) is 0 Å². The Bertz CT molecular complexity index is 598. The lowest BCUT2D eigenvalue weighted by Crippen LogP contribution is -2.13. The van der Waals surface area contributed by atoms with Gasteiger partial charge in [0.1, 0.15) is 11.6 Å². The van der Waals surface area contributed by atoms with Crippen molar-refractivity contribution in [1.29, 1.82) is 0 Å². The molecule has 0 amide bonds.